The zero-order valence-corrected chi connectivity index (χ0v) is 13.0. The highest BCUT2D eigenvalue weighted by Crippen LogP contribution is 2.18. The molecular formula is C14H15F3N4OS. The quantitative estimate of drug-likeness (QED) is 0.564. The van der Waals surface area contributed by atoms with Crippen molar-refractivity contribution in [1.82, 2.24) is 0 Å². The van der Waals surface area contributed by atoms with Crippen LogP contribution in [0.4, 0.5) is 13.2 Å². The Bertz CT molecular complexity index is 624. The lowest BCUT2D eigenvalue weighted by molar-refractivity contribution is -0.0597. The average Bonchev–Trinajstić information content (AvgIpc) is 2.50. The minimum Gasteiger partial charge on any atom is -0.497 e. The fraction of sp³-hybridized carbons (Fsp3) is 0.214. The van der Waals surface area contributed by atoms with E-state index in [1.54, 1.807) is 19.2 Å². The number of amidine groups is 2. The first-order valence-corrected chi connectivity index (χ1v) is 7.23. The largest absolute Gasteiger partial charge is 0.497 e. The SMILES string of the molecule is COc1ccc(CSC(=N)/C=C\C(=N)N=C(N)C(F)(F)F)cc1. The van der Waals surface area contributed by atoms with Gasteiger partial charge in [0.2, 0.25) is 5.84 Å². The van der Waals surface area contributed by atoms with Crippen LogP contribution in [0.15, 0.2) is 41.4 Å². The molecule has 0 atom stereocenters. The maximum absolute atomic E-state index is 12.1. The van der Waals surface area contributed by atoms with E-state index in [2.05, 4.69) is 4.99 Å². The van der Waals surface area contributed by atoms with E-state index in [0.29, 0.717) is 5.75 Å². The second-order valence-corrected chi connectivity index (χ2v) is 5.23. The second kappa shape index (κ2) is 8.37. The van der Waals surface area contributed by atoms with Crippen molar-refractivity contribution in [2.75, 3.05) is 7.11 Å². The molecule has 0 radical (unpaired) electrons. The molecule has 0 heterocycles. The number of halogens is 3. The Morgan fingerprint density at radius 3 is 2.39 bits per heavy atom. The third-order valence-electron chi connectivity index (χ3n) is 2.48. The zero-order chi connectivity index (χ0) is 17.5. The molecule has 0 aliphatic heterocycles. The van der Waals surface area contributed by atoms with Crippen molar-refractivity contribution in [3.63, 3.8) is 0 Å². The molecule has 1 aromatic rings. The van der Waals surface area contributed by atoms with Gasteiger partial charge in [0.05, 0.1) is 12.2 Å². The van der Waals surface area contributed by atoms with E-state index in [4.69, 9.17) is 21.3 Å². The number of nitrogens with two attached hydrogens (primary N) is 1. The third-order valence-corrected chi connectivity index (χ3v) is 3.40. The fourth-order valence-electron chi connectivity index (χ4n) is 1.32. The van der Waals surface area contributed by atoms with Crippen molar-refractivity contribution < 1.29 is 17.9 Å². The lowest BCUT2D eigenvalue weighted by Gasteiger charge is -2.04. The minimum absolute atomic E-state index is 0.0892. The van der Waals surface area contributed by atoms with Gasteiger partial charge < -0.3 is 10.5 Å². The summed E-state index contributed by atoms with van der Waals surface area (Å²) in [5, 5.41) is 15.0. The van der Waals surface area contributed by atoms with Crippen molar-refractivity contribution in [2.45, 2.75) is 11.9 Å². The molecule has 0 aliphatic rings. The number of thioether (sulfide) groups is 1. The van der Waals surface area contributed by atoms with Gasteiger partial charge in [-0.25, -0.2) is 4.99 Å². The van der Waals surface area contributed by atoms with E-state index in [1.807, 2.05) is 12.1 Å². The van der Waals surface area contributed by atoms with Crippen LogP contribution in [-0.4, -0.2) is 30.0 Å². The summed E-state index contributed by atoms with van der Waals surface area (Å²) in [5.74, 6) is -1.03. The van der Waals surface area contributed by atoms with E-state index >= 15 is 0 Å². The predicted octanol–water partition coefficient (Wildman–Crippen LogP) is 3.36. The summed E-state index contributed by atoms with van der Waals surface area (Å²) in [6, 6.07) is 7.28. The van der Waals surface area contributed by atoms with E-state index in [0.717, 1.165) is 17.4 Å². The Balaban J connectivity index is 2.51. The fourth-order valence-corrected chi connectivity index (χ4v) is 1.99. The third kappa shape index (κ3) is 7.00. The topological polar surface area (TPSA) is 95.3 Å². The van der Waals surface area contributed by atoms with E-state index in [9.17, 15) is 13.2 Å². The molecule has 0 saturated heterocycles. The number of alkyl halides is 3. The number of aliphatic imine (C=N–C) groups is 1. The van der Waals surface area contributed by atoms with Gasteiger partial charge in [0.25, 0.3) is 0 Å². The van der Waals surface area contributed by atoms with E-state index < -0.39 is 17.8 Å². The number of ether oxygens (including phenoxy) is 1. The van der Waals surface area contributed by atoms with Crippen LogP contribution >= 0.6 is 11.8 Å². The molecular weight excluding hydrogens is 329 g/mol. The number of hydrogen-bond acceptors (Lipinski definition) is 4. The molecule has 9 heteroatoms. The van der Waals surface area contributed by atoms with Crippen LogP contribution in [0.25, 0.3) is 0 Å². The average molecular weight is 344 g/mol. The molecule has 0 fully saturated rings. The number of hydrogen-bond donors (Lipinski definition) is 3. The van der Waals surface area contributed by atoms with Crippen molar-refractivity contribution >= 4 is 28.5 Å². The summed E-state index contributed by atoms with van der Waals surface area (Å²) in [6.45, 7) is 0. The predicted molar refractivity (Wildman–Crippen MR) is 86.6 cm³/mol. The Morgan fingerprint density at radius 2 is 1.87 bits per heavy atom. The van der Waals surface area contributed by atoms with Crippen LogP contribution in [0, 0.1) is 10.8 Å². The smallest absolute Gasteiger partial charge is 0.449 e. The van der Waals surface area contributed by atoms with Gasteiger partial charge in [0.1, 0.15) is 11.6 Å². The maximum Gasteiger partial charge on any atom is 0.449 e. The van der Waals surface area contributed by atoms with Crippen molar-refractivity contribution in [3.8, 4) is 5.75 Å². The highest BCUT2D eigenvalue weighted by molar-refractivity contribution is 8.13. The highest BCUT2D eigenvalue weighted by atomic mass is 32.2. The molecule has 0 bridgehead atoms. The monoisotopic (exact) mass is 344 g/mol. The lowest BCUT2D eigenvalue weighted by atomic mass is 10.2. The molecule has 0 saturated carbocycles. The zero-order valence-electron chi connectivity index (χ0n) is 12.1. The molecule has 1 aromatic carbocycles. The maximum atomic E-state index is 12.1. The normalized spacial score (nSPS) is 12.4. The molecule has 124 valence electrons. The Kier molecular flexibility index (Phi) is 6.83. The first-order chi connectivity index (χ1) is 10.7. The highest BCUT2D eigenvalue weighted by Gasteiger charge is 2.33. The summed E-state index contributed by atoms with van der Waals surface area (Å²) in [5.41, 5.74) is 5.66. The molecule has 0 aromatic heterocycles. The molecule has 0 aliphatic carbocycles. The summed E-state index contributed by atoms with van der Waals surface area (Å²) in [4.78, 5) is 2.90. The lowest BCUT2D eigenvalue weighted by Crippen LogP contribution is -2.32. The number of nitrogens with zero attached hydrogens (tertiary/aromatic N) is 1. The summed E-state index contributed by atoms with van der Waals surface area (Å²) < 4.78 is 41.4. The number of nitrogens with one attached hydrogen (secondary N) is 2. The molecule has 5 nitrogen and oxygen atoms in total. The van der Waals surface area contributed by atoms with Gasteiger partial charge in [-0.1, -0.05) is 12.1 Å². The van der Waals surface area contributed by atoms with E-state index in [-0.39, 0.29) is 5.04 Å². The standard InChI is InChI=1S/C14H15F3N4OS/c1-22-10-4-2-9(3-5-10)8-23-12(19)7-6-11(18)21-13(20)14(15,16)17/h2-7,19H,8H2,1H3,(H3,18,20,21)/b7-6-,19-12?. The first kappa shape index (κ1) is 18.8. The molecule has 23 heavy (non-hydrogen) atoms. The Morgan fingerprint density at radius 1 is 1.26 bits per heavy atom. The number of methoxy groups -OCH3 is 1. The van der Waals surface area contributed by atoms with Crippen LogP contribution < -0.4 is 10.5 Å². The van der Waals surface area contributed by atoms with Crippen LogP contribution in [0.3, 0.4) is 0 Å². The van der Waals surface area contributed by atoms with Crippen molar-refractivity contribution in [2.24, 2.45) is 10.7 Å². The second-order valence-electron chi connectivity index (χ2n) is 4.21. The van der Waals surface area contributed by atoms with Gasteiger partial charge >= 0.3 is 6.18 Å². The van der Waals surface area contributed by atoms with Crippen molar-refractivity contribution in [3.05, 3.63) is 42.0 Å². The van der Waals surface area contributed by atoms with Crippen molar-refractivity contribution in [1.29, 1.82) is 10.8 Å². The molecule has 0 spiro atoms. The molecule has 1 rings (SSSR count). The molecule has 4 N–H and O–H groups in total. The van der Waals surface area contributed by atoms with Gasteiger partial charge in [0.15, 0.2) is 0 Å². The van der Waals surface area contributed by atoms with Gasteiger partial charge in [0, 0.05) is 5.75 Å². The molecule has 0 unspecified atom stereocenters. The van der Waals surface area contributed by atoms with Gasteiger partial charge in [-0.3, -0.25) is 10.8 Å². The van der Waals surface area contributed by atoms with Crippen LogP contribution in [0.2, 0.25) is 0 Å². The number of benzene rings is 1. The number of rotatable bonds is 5. The van der Waals surface area contributed by atoms with Gasteiger partial charge in [-0.05, 0) is 29.8 Å². The first-order valence-electron chi connectivity index (χ1n) is 6.24. The minimum atomic E-state index is -4.77. The summed E-state index contributed by atoms with van der Waals surface area (Å²) in [7, 11) is 1.56. The summed E-state index contributed by atoms with van der Waals surface area (Å²) in [6.07, 6.45) is -2.58. The van der Waals surface area contributed by atoms with Gasteiger partial charge in [-0.15, -0.1) is 11.8 Å². The molecule has 0 amide bonds. The van der Waals surface area contributed by atoms with Crippen LogP contribution in [0.5, 0.6) is 5.75 Å². The Labute approximate surface area is 135 Å². The van der Waals surface area contributed by atoms with E-state index in [1.165, 1.54) is 17.8 Å². The van der Waals surface area contributed by atoms with Gasteiger partial charge in [-0.2, -0.15) is 13.2 Å². The van der Waals surface area contributed by atoms with Crippen LogP contribution in [0.1, 0.15) is 5.56 Å². The summed E-state index contributed by atoms with van der Waals surface area (Å²) >= 11 is 1.17. The van der Waals surface area contributed by atoms with Crippen LogP contribution in [-0.2, 0) is 5.75 Å². The Hall–Kier alpha value is -2.29.